The predicted octanol–water partition coefficient (Wildman–Crippen LogP) is 2.99. The fourth-order valence-electron chi connectivity index (χ4n) is 1.38. The molecule has 0 radical (unpaired) electrons. The molecule has 0 spiro atoms. The van der Waals surface area contributed by atoms with Crippen molar-refractivity contribution in [3.05, 3.63) is 35.1 Å². The average Bonchev–Trinajstić information content (AvgIpc) is 2.15. The molecule has 0 heterocycles. The van der Waals surface area contributed by atoms with Gasteiger partial charge in [-0.15, -0.1) is 12.4 Å². The third kappa shape index (κ3) is 3.68. The number of benzene rings is 1. The summed E-state index contributed by atoms with van der Waals surface area (Å²) < 4.78 is 13.5. The van der Waals surface area contributed by atoms with Gasteiger partial charge in [-0.25, -0.2) is 9.18 Å². The zero-order valence-corrected chi connectivity index (χ0v) is 10.8. The van der Waals surface area contributed by atoms with Gasteiger partial charge in [0.1, 0.15) is 5.82 Å². The molecule has 0 aliphatic carbocycles. The van der Waals surface area contributed by atoms with Crippen molar-refractivity contribution in [3.8, 4) is 0 Å². The van der Waals surface area contributed by atoms with Gasteiger partial charge in [0.25, 0.3) is 0 Å². The van der Waals surface area contributed by atoms with Crippen LogP contribution in [0.3, 0.4) is 0 Å². The summed E-state index contributed by atoms with van der Waals surface area (Å²) in [6, 6.07) is 3.14. The maximum absolute atomic E-state index is 13.5. The van der Waals surface area contributed by atoms with Crippen molar-refractivity contribution in [3.63, 3.8) is 0 Å². The number of nitrogens with two attached hydrogens (primary N) is 1. The molecule has 3 N–H and O–H groups in total. The SMILES string of the molecule is CC(C)(C)C(N)c1cc(C(=O)O)ccc1F.Cl. The molecule has 17 heavy (non-hydrogen) atoms. The monoisotopic (exact) mass is 261 g/mol. The minimum absolute atomic E-state index is 0. The lowest BCUT2D eigenvalue weighted by Crippen LogP contribution is -2.27. The van der Waals surface area contributed by atoms with Gasteiger partial charge in [-0.1, -0.05) is 20.8 Å². The van der Waals surface area contributed by atoms with Crippen LogP contribution in [-0.4, -0.2) is 11.1 Å². The molecule has 1 atom stereocenters. The van der Waals surface area contributed by atoms with Crippen LogP contribution in [0.1, 0.15) is 42.7 Å². The molecule has 1 aromatic rings. The predicted molar refractivity (Wildman–Crippen MR) is 67.0 cm³/mol. The maximum Gasteiger partial charge on any atom is 0.335 e. The molecule has 0 saturated heterocycles. The van der Waals surface area contributed by atoms with E-state index in [1.165, 1.54) is 12.1 Å². The lowest BCUT2D eigenvalue weighted by Gasteiger charge is -2.27. The summed E-state index contributed by atoms with van der Waals surface area (Å²) in [5.41, 5.74) is 5.88. The summed E-state index contributed by atoms with van der Waals surface area (Å²) in [6.07, 6.45) is 0. The van der Waals surface area contributed by atoms with E-state index in [1.807, 2.05) is 20.8 Å². The van der Waals surface area contributed by atoms with Gasteiger partial charge in [-0.3, -0.25) is 0 Å². The van der Waals surface area contributed by atoms with Gasteiger partial charge < -0.3 is 10.8 Å². The number of carbonyl (C=O) groups is 1. The second kappa shape index (κ2) is 5.47. The molecule has 0 amide bonds. The molecule has 0 aliphatic rings. The Hall–Kier alpha value is -1.13. The van der Waals surface area contributed by atoms with Gasteiger partial charge in [-0.05, 0) is 23.6 Å². The molecule has 5 heteroatoms. The standard InChI is InChI=1S/C12H16FNO2.ClH/c1-12(2,3)10(14)8-6-7(11(15)16)4-5-9(8)13;/h4-6,10H,14H2,1-3H3,(H,15,16);1H. The average molecular weight is 262 g/mol. The molecule has 1 rings (SSSR count). The molecule has 0 aliphatic heterocycles. The van der Waals surface area contributed by atoms with Gasteiger partial charge in [-0.2, -0.15) is 0 Å². The van der Waals surface area contributed by atoms with Crippen molar-refractivity contribution in [1.82, 2.24) is 0 Å². The largest absolute Gasteiger partial charge is 0.478 e. The van der Waals surface area contributed by atoms with Crippen molar-refractivity contribution in [2.24, 2.45) is 11.1 Å². The fraction of sp³-hybridized carbons (Fsp3) is 0.417. The number of hydrogen-bond acceptors (Lipinski definition) is 2. The number of aromatic carboxylic acids is 1. The Kier molecular flexibility index (Phi) is 5.11. The van der Waals surface area contributed by atoms with E-state index in [1.54, 1.807) is 0 Å². The smallest absolute Gasteiger partial charge is 0.335 e. The van der Waals surface area contributed by atoms with E-state index in [2.05, 4.69) is 0 Å². The molecular weight excluding hydrogens is 245 g/mol. The second-order valence-corrected chi connectivity index (χ2v) is 4.89. The van der Waals surface area contributed by atoms with E-state index >= 15 is 0 Å². The lowest BCUT2D eigenvalue weighted by atomic mass is 9.82. The molecule has 0 fully saturated rings. The normalized spacial score (nSPS) is 12.8. The molecule has 1 unspecified atom stereocenters. The van der Waals surface area contributed by atoms with Crippen LogP contribution in [0.2, 0.25) is 0 Å². The summed E-state index contributed by atoms with van der Waals surface area (Å²) in [7, 11) is 0. The Morgan fingerprint density at radius 1 is 1.41 bits per heavy atom. The molecular formula is C12H17ClFNO2. The molecule has 0 saturated carbocycles. The quantitative estimate of drug-likeness (QED) is 0.860. The fourth-order valence-corrected chi connectivity index (χ4v) is 1.38. The summed E-state index contributed by atoms with van der Waals surface area (Å²) in [4.78, 5) is 10.8. The topological polar surface area (TPSA) is 63.3 Å². The van der Waals surface area contributed by atoms with E-state index in [9.17, 15) is 9.18 Å². The lowest BCUT2D eigenvalue weighted by molar-refractivity contribution is 0.0696. The number of halogens is 2. The van der Waals surface area contributed by atoms with Crippen LogP contribution < -0.4 is 5.73 Å². The van der Waals surface area contributed by atoms with Crippen molar-refractivity contribution in [2.45, 2.75) is 26.8 Å². The van der Waals surface area contributed by atoms with Crippen LogP contribution in [0.5, 0.6) is 0 Å². The first-order valence-electron chi connectivity index (χ1n) is 5.02. The highest BCUT2D eigenvalue weighted by Gasteiger charge is 2.25. The third-order valence-electron chi connectivity index (χ3n) is 2.51. The van der Waals surface area contributed by atoms with Crippen LogP contribution in [0.25, 0.3) is 0 Å². The Bertz CT molecular complexity index is 415. The highest BCUT2D eigenvalue weighted by Crippen LogP contribution is 2.32. The van der Waals surface area contributed by atoms with E-state index in [0.29, 0.717) is 0 Å². The molecule has 1 aromatic carbocycles. The van der Waals surface area contributed by atoms with Crippen LogP contribution in [-0.2, 0) is 0 Å². The van der Waals surface area contributed by atoms with Gasteiger partial charge in [0.05, 0.1) is 5.56 Å². The number of carboxylic acid groups (broad SMARTS) is 1. The Morgan fingerprint density at radius 2 is 1.94 bits per heavy atom. The maximum atomic E-state index is 13.5. The van der Waals surface area contributed by atoms with Crippen LogP contribution in [0, 0.1) is 11.2 Å². The Labute approximate surface area is 106 Å². The highest BCUT2D eigenvalue weighted by atomic mass is 35.5. The summed E-state index contributed by atoms with van der Waals surface area (Å²) in [6.45, 7) is 5.64. The van der Waals surface area contributed by atoms with Gasteiger partial charge in [0.2, 0.25) is 0 Å². The Balaban J connectivity index is 0.00000256. The van der Waals surface area contributed by atoms with E-state index in [0.717, 1.165) is 6.07 Å². The van der Waals surface area contributed by atoms with E-state index < -0.39 is 17.8 Å². The summed E-state index contributed by atoms with van der Waals surface area (Å²) in [5, 5.41) is 8.82. The Morgan fingerprint density at radius 3 is 2.35 bits per heavy atom. The van der Waals surface area contributed by atoms with E-state index in [4.69, 9.17) is 10.8 Å². The summed E-state index contributed by atoms with van der Waals surface area (Å²) in [5.74, 6) is -1.55. The van der Waals surface area contributed by atoms with Crippen molar-refractivity contribution >= 4 is 18.4 Å². The first-order chi connectivity index (χ1) is 7.23. The second-order valence-electron chi connectivity index (χ2n) is 4.89. The first-order valence-corrected chi connectivity index (χ1v) is 5.02. The number of hydrogen-bond donors (Lipinski definition) is 2. The van der Waals surface area contributed by atoms with Crippen LogP contribution >= 0.6 is 12.4 Å². The van der Waals surface area contributed by atoms with Gasteiger partial charge in [0.15, 0.2) is 0 Å². The van der Waals surface area contributed by atoms with Crippen molar-refractivity contribution < 1.29 is 14.3 Å². The zero-order chi connectivity index (χ0) is 12.5. The van der Waals surface area contributed by atoms with Crippen LogP contribution in [0.15, 0.2) is 18.2 Å². The van der Waals surface area contributed by atoms with Crippen molar-refractivity contribution in [2.75, 3.05) is 0 Å². The zero-order valence-electron chi connectivity index (χ0n) is 10.0. The molecule has 96 valence electrons. The van der Waals surface area contributed by atoms with Crippen molar-refractivity contribution in [1.29, 1.82) is 0 Å². The van der Waals surface area contributed by atoms with Gasteiger partial charge in [0, 0.05) is 11.6 Å². The molecule has 3 nitrogen and oxygen atoms in total. The number of carboxylic acids is 1. The molecule has 0 aromatic heterocycles. The summed E-state index contributed by atoms with van der Waals surface area (Å²) >= 11 is 0. The minimum atomic E-state index is -1.08. The molecule has 0 bridgehead atoms. The highest BCUT2D eigenvalue weighted by molar-refractivity contribution is 5.87. The first kappa shape index (κ1) is 15.9. The van der Waals surface area contributed by atoms with Crippen LogP contribution in [0.4, 0.5) is 4.39 Å². The third-order valence-corrected chi connectivity index (χ3v) is 2.51. The minimum Gasteiger partial charge on any atom is -0.478 e. The number of rotatable bonds is 2. The van der Waals surface area contributed by atoms with E-state index in [-0.39, 0.29) is 28.9 Å². The van der Waals surface area contributed by atoms with Gasteiger partial charge >= 0.3 is 5.97 Å².